The Kier molecular flexibility index (Phi) is 5.89. The van der Waals surface area contributed by atoms with Crippen LogP contribution in [0.3, 0.4) is 0 Å². The van der Waals surface area contributed by atoms with Gasteiger partial charge in [-0.2, -0.15) is 0 Å². The number of nitro benzene ring substituents is 1. The van der Waals surface area contributed by atoms with Gasteiger partial charge in [-0.1, -0.05) is 0 Å². The highest BCUT2D eigenvalue weighted by atomic mass is 19.1. The van der Waals surface area contributed by atoms with Gasteiger partial charge in [0, 0.05) is 32.1 Å². The molecule has 0 spiro atoms. The lowest BCUT2D eigenvalue weighted by molar-refractivity contribution is -0.385. The Bertz CT molecular complexity index is 687. The third-order valence-electron chi connectivity index (χ3n) is 3.97. The molecule has 1 aliphatic rings. The van der Waals surface area contributed by atoms with Crippen LogP contribution in [0, 0.1) is 15.9 Å². The number of hydrogen-bond acceptors (Lipinski definition) is 6. The van der Waals surface area contributed by atoms with Crippen molar-refractivity contribution in [3.63, 3.8) is 0 Å². The molecular weight excluding hydrogens is 333 g/mol. The molecule has 0 aliphatic carbocycles. The van der Waals surface area contributed by atoms with Crippen LogP contribution >= 0.6 is 0 Å². The minimum atomic E-state index is -0.838. The summed E-state index contributed by atoms with van der Waals surface area (Å²) in [6.45, 7) is 3.93. The molecule has 1 fully saturated rings. The number of nitrogens with zero attached hydrogens (tertiary/aromatic N) is 2. The highest BCUT2D eigenvalue weighted by Gasteiger charge is 2.29. The maximum absolute atomic E-state index is 14.5. The van der Waals surface area contributed by atoms with E-state index in [0.717, 1.165) is 12.1 Å². The van der Waals surface area contributed by atoms with E-state index in [2.05, 4.69) is 5.32 Å². The van der Waals surface area contributed by atoms with Crippen molar-refractivity contribution in [3.8, 4) is 0 Å². The molecule has 0 atom stereocenters. The van der Waals surface area contributed by atoms with E-state index in [0.29, 0.717) is 25.9 Å². The van der Waals surface area contributed by atoms with Crippen molar-refractivity contribution < 1.29 is 23.6 Å². The zero-order chi connectivity index (χ0) is 18.6. The number of anilines is 1. The van der Waals surface area contributed by atoms with Crippen molar-refractivity contribution in [2.45, 2.75) is 32.7 Å². The van der Waals surface area contributed by atoms with Crippen LogP contribution in [0.25, 0.3) is 0 Å². The van der Waals surface area contributed by atoms with Crippen LogP contribution in [0.2, 0.25) is 0 Å². The Balaban J connectivity index is 2.32. The molecular formula is C16H20FN3O5. The second-order valence-corrected chi connectivity index (χ2v) is 5.76. The lowest BCUT2D eigenvalue weighted by Crippen LogP contribution is -2.44. The fraction of sp³-hybridized carbons (Fsp3) is 0.500. The van der Waals surface area contributed by atoms with Crippen LogP contribution in [-0.4, -0.2) is 42.5 Å². The molecule has 1 aromatic rings. The number of carbonyl (C=O) groups excluding carboxylic acids is 2. The fourth-order valence-electron chi connectivity index (χ4n) is 2.91. The van der Waals surface area contributed by atoms with Crippen molar-refractivity contribution >= 4 is 23.3 Å². The predicted octanol–water partition coefficient (Wildman–Crippen LogP) is 2.02. The number of nitrogens with one attached hydrogen (secondary N) is 1. The first-order chi connectivity index (χ1) is 11.8. The van der Waals surface area contributed by atoms with E-state index in [4.69, 9.17) is 4.74 Å². The van der Waals surface area contributed by atoms with Gasteiger partial charge in [0.05, 0.1) is 28.8 Å². The number of esters is 1. The number of nitro groups is 1. The number of carbonyl (C=O) groups is 2. The summed E-state index contributed by atoms with van der Waals surface area (Å²) in [5.41, 5.74) is -0.658. The Morgan fingerprint density at radius 1 is 1.40 bits per heavy atom. The molecule has 0 bridgehead atoms. The zero-order valence-corrected chi connectivity index (χ0v) is 14.1. The molecule has 0 unspecified atom stereocenters. The second-order valence-electron chi connectivity index (χ2n) is 5.76. The molecule has 0 saturated carbocycles. The minimum Gasteiger partial charge on any atom is -0.462 e. The summed E-state index contributed by atoms with van der Waals surface area (Å²) in [5, 5.41) is 13.8. The van der Waals surface area contributed by atoms with Gasteiger partial charge in [-0.15, -0.1) is 0 Å². The van der Waals surface area contributed by atoms with Gasteiger partial charge in [-0.25, -0.2) is 9.18 Å². The van der Waals surface area contributed by atoms with Gasteiger partial charge in [0.15, 0.2) is 5.82 Å². The second kappa shape index (κ2) is 7.91. The monoisotopic (exact) mass is 353 g/mol. The van der Waals surface area contributed by atoms with E-state index in [1.165, 1.54) is 6.92 Å². The summed E-state index contributed by atoms with van der Waals surface area (Å²) in [6, 6.07) is 1.83. The molecule has 25 heavy (non-hydrogen) atoms. The van der Waals surface area contributed by atoms with Gasteiger partial charge in [0.1, 0.15) is 0 Å². The van der Waals surface area contributed by atoms with E-state index in [9.17, 15) is 24.1 Å². The SMILES string of the molecule is CCOC(=O)c1cc([N+](=O)[O-])cc(F)c1N1CCC(NC(C)=O)CC1. The number of amides is 1. The number of hydrogen-bond donors (Lipinski definition) is 1. The lowest BCUT2D eigenvalue weighted by atomic mass is 10.0. The predicted molar refractivity (Wildman–Crippen MR) is 88.1 cm³/mol. The maximum atomic E-state index is 14.5. The summed E-state index contributed by atoms with van der Waals surface area (Å²) in [4.78, 5) is 35.1. The zero-order valence-electron chi connectivity index (χ0n) is 14.1. The Morgan fingerprint density at radius 2 is 2.04 bits per heavy atom. The van der Waals surface area contributed by atoms with Gasteiger partial charge in [-0.3, -0.25) is 14.9 Å². The summed E-state index contributed by atoms with van der Waals surface area (Å²) in [5.74, 6) is -1.77. The fourth-order valence-corrected chi connectivity index (χ4v) is 2.91. The van der Waals surface area contributed by atoms with Gasteiger partial charge in [0.2, 0.25) is 5.91 Å². The van der Waals surface area contributed by atoms with Crippen molar-refractivity contribution in [1.82, 2.24) is 5.32 Å². The van der Waals surface area contributed by atoms with Gasteiger partial charge >= 0.3 is 5.97 Å². The molecule has 9 heteroatoms. The highest BCUT2D eigenvalue weighted by molar-refractivity contribution is 5.97. The number of rotatable bonds is 5. The first-order valence-corrected chi connectivity index (χ1v) is 8.00. The first kappa shape index (κ1) is 18.6. The molecule has 1 saturated heterocycles. The number of ether oxygens (including phenoxy) is 1. The van der Waals surface area contributed by atoms with E-state index in [1.54, 1.807) is 11.8 Å². The molecule has 0 aromatic heterocycles. The topological polar surface area (TPSA) is 102 Å². The first-order valence-electron chi connectivity index (χ1n) is 8.00. The largest absolute Gasteiger partial charge is 0.462 e. The van der Waals surface area contributed by atoms with Crippen molar-refractivity contribution in [3.05, 3.63) is 33.6 Å². The van der Waals surface area contributed by atoms with Gasteiger partial charge in [-0.05, 0) is 19.8 Å². The molecule has 2 rings (SSSR count). The van der Waals surface area contributed by atoms with Crippen molar-refractivity contribution in [2.24, 2.45) is 0 Å². The van der Waals surface area contributed by atoms with Crippen LogP contribution < -0.4 is 10.2 Å². The standard InChI is InChI=1S/C16H20FN3O5/c1-3-25-16(22)13-8-12(20(23)24)9-14(17)15(13)19-6-4-11(5-7-19)18-10(2)21/h8-9,11H,3-7H2,1-2H3,(H,18,21). The Labute approximate surface area is 144 Å². The van der Waals surface area contributed by atoms with Crippen molar-refractivity contribution in [1.29, 1.82) is 0 Å². The summed E-state index contributed by atoms with van der Waals surface area (Å²) in [7, 11) is 0. The number of non-ortho nitro benzene ring substituents is 1. The third-order valence-corrected chi connectivity index (χ3v) is 3.97. The van der Waals surface area contributed by atoms with Crippen LogP contribution in [0.1, 0.15) is 37.0 Å². The molecule has 8 nitrogen and oxygen atoms in total. The average Bonchev–Trinajstić information content (AvgIpc) is 2.54. The molecule has 1 aromatic carbocycles. The third kappa shape index (κ3) is 4.43. The number of benzene rings is 1. The van der Waals surface area contributed by atoms with Crippen LogP contribution in [-0.2, 0) is 9.53 Å². The van der Waals surface area contributed by atoms with Crippen LogP contribution in [0.4, 0.5) is 15.8 Å². The lowest BCUT2D eigenvalue weighted by Gasteiger charge is -2.34. The molecule has 1 aliphatic heterocycles. The average molecular weight is 353 g/mol. The Morgan fingerprint density at radius 3 is 2.56 bits per heavy atom. The van der Waals surface area contributed by atoms with E-state index in [-0.39, 0.29) is 29.8 Å². The smallest absolute Gasteiger partial charge is 0.340 e. The molecule has 136 valence electrons. The number of halogens is 1. The summed E-state index contributed by atoms with van der Waals surface area (Å²) >= 11 is 0. The highest BCUT2D eigenvalue weighted by Crippen LogP contribution is 2.32. The molecule has 1 heterocycles. The van der Waals surface area contributed by atoms with Crippen LogP contribution in [0.5, 0.6) is 0 Å². The quantitative estimate of drug-likeness (QED) is 0.494. The molecule has 0 radical (unpaired) electrons. The van der Waals surface area contributed by atoms with E-state index in [1.807, 2.05) is 0 Å². The summed E-state index contributed by atoms with van der Waals surface area (Å²) < 4.78 is 19.5. The van der Waals surface area contributed by atoms with E-state index >= 15 is 0 Å². The van der Waals surface area contributed by atoms with Gasteiger partial charge < -0.3 is 15.0 Å². The van der Waals surface area contributed by atoms with Crippen molar-refractivity contribution in [2.75, 3.05) is 24.6 Å². The van der Waals surface area contributed by atoms with Gasteiger partial charge in [0.25, 0.3) is 5.69 Å². The molecule has 1 amide bonds. The maximum Gasteiger partial charge on any atom is 0.340 e. The molecule has 1 N–H and O–H groups in total. The number of piperidine rings is 1. The van der Waals surface area contributed by atoms with Crippen LogP contribution in [0.15, 0.2) is 12.1 Å². The Hall–Kier alpha value is -2.71. The normalized spacial score (nSPS) is 14.9. The van der Waals surface area contributed by atoms with E-state index < -0.39 is 22.4 Å². The summed E-state index contributed by atoms with van der Waals surface area (Å²) in [6.07, 6.45) is 1.16. The minimum absolute atomic E-state index is 0.00493.